The van der Waals surface area contributed by atoms with Gasteiger partial charge in [0.15, 0.2) is 5.78 Å². The largest absolute Gasteiger partial charge is 0.454 e. The average molecular weight is 311 g/mol. The summed E-state index contributed by atoms with van der Waals surface area (Å²) >= 11 is 3.43. The van der Waals surface area contributed by atoms with Crippen molar-refractivity contribution in [1.29, 1.82) is 0 Å². The number of hydrogen-bond donors (Lipinski definition) is 0. The molecule has 4 atom stereocenters. The Morgan fingerprint density at radius 3 is 2.61 bits per heavy atom. The van der Waals surface area contributed by atoms with Gasteiger partial charge in [0, 0.05) is 21.4 Å². The van der Waals surface area contributed by atoms with Crippen molar-refractivity contribution < 1.29 is 14.3 Å². The summed E-state index contributed by atoms with van der Waals surface area (Å²) in [7, 11) is 0. The summed E-state index contributed by atoms with van der Waals surface area (Å²) < 4.78 is 6.17. The van der Waals surface area contributed by atoms with Crippen LogP contribution in [0, 0.1) is 17.3 Å². The van der Waals surface area contributed by atoms with Crippen LogP contribution in [0.15, 0.2) is 22.2 Å². The predicted octanol–water partition coefficient (Wildman–Crippen LogP) is 2.75. The highest BCUT2D eigenvalue weighted by atomic mass is 79.9. The number of rotatable bonds is 2. The first kappa shape index (κ1) is 12.2. The van der Waals surface area contributed by atoms with Crippen LogP contribution in [0.3, 0.4) is 0 Å². The van der Waals surface area contributed by atoms with Crippen LogP contribution < -0.4 is 0 Å². The molecule has 2 aliphatic carbocycles. The molecule has 1 heterocycles. The Kier molecular flexibility index (Phi) is 2.40. The first-order valence-corrected chi connectivity index (χ1v) is 6.96. The lowest BCUT2D eigenvalue weighted by Gasteiger charge is -2.29. The minimum Gasteiger partial charge on any atom is -0.454 e. The SMILES string of the molecule is C=C1C(=O)[C@H]2C[C@H]2[C@]1(C)C[C@H]1OC(=O)C(C)=C1Br. The molecule has 4 heteroatoms. The van der Waals surface area contributed by atoms with Gasteiger partial charge in [0.25, 0.3) is 0 Å². The molecule has 0 radical (unpaired) electrons. The lowest BCUT2D eigenvalue weighted by Crippen LogP contribution is -2.27. The highest BCUT2D eigenvalue weighted by molar-refractivity contribution is 9.11. The van der Waals surface area contributed by atoms with Crippen molar-refractivity contribution in [2.45, 2.75) is 32.8 Å². The van der Waals surface area contributed by atoms with E-state index >= 15 is 0 Å². The summed E-state index contributed by atoms with van der Waals surface area (Å²) in [4.78, 5) is 23.4. The van der Waals surface area contributed by atoms with E-state index in [-0.39, 0.29) is 29.2 Å². The number of carbonyl (C=O) groups is 2. The Balaban J connectivity index is 1.84. The van der Waals surface area contributed by atoms with E-state index in [0.29, 0.717) is 23.5 Å². The van der Waals surface area contributed by atoms with Crippen LogP contribution in [0.2, 0.25) is 0 Å². The minimum absolute atomic E-state index is 0.184. The van der Waals surface area contributed by atoms with E-state index < -0.39 is 0 Å². The van der Waals surface area contributed by atoms with Gasteiger partial charge in [-0.3, -0.25) is 4.79 Å². The molecule has 18 heavy (non-hydrogen) atoms. The van der Waals surface area contributed by atoms with Gasteiger partial charge in [-0.05, 0) is 31.3 Å². The van der Waals surface area contributed by atoms with Crippen LogP contribution in [0.25, 0.3) is 0 Å². The topological polar surface area (TPSA) is 43.4 Å². The van der Waals surface area contributed by atoms with Crippen LogP contribution in [-0.2, 0) is 14.3 Å². The van der Waals surface area contributed by atoms with E-state index in [2.05, 4.69) is 29.4 Å². The van der Waals surface area contributed by atoms with E-state index in [0.717, 1.165) is 10.9 Å². The summed E-state index contributed by atoms with van der Waals surface area (Å²) in [5.74, 6) is 0.530. The fourth-order valence-electron chi connectivity index (χ4n) is 3.32. The molecule has 3 nitrogen and oxygen atoms in total. The van der Waals surface area contributed by atoms with E-state index in [1.54, 1.807) is 6.92 Å². The second-order valence-electron chi connectivity index (χ2n) is 5.78. The summed E-state index contributed by atoms with van der Waals surface area (Å²) in [5, 5.41) is 0. The van der Waals surface area contributed by atoms with Crippen LogP contribution in [-0.4, -0.2) is 17.9 Å². The summed E-state index contributed by atoms with van der Waals surface area (Å²) in [5.41, 5.74) is 1.13. The molecule has 0 N–H and O–H groups in total. The molecule has 96 valence electrons. The molecule has 3 aliphatic rings. The van der Waals surface area contributed by atoms with Gasteiger partial charge in [0.1, 0.15) is 6.10 Å². The molecule has 1 aliphatic heterocycles. The highest BCUT2D eigenvalue weighted by Gasteiger charge is 2.63. The maximum absolute atomic E-state index is 11.9. The summed E-state index contributed by atoms with van der Waals surface area (Å²) in [6, 6.07) is 0. The van der Waals surface area contributed by atoms with Gasteiger partial charge < -0.3 is 4.74 Å². The predicted molar refractivity (Wildman–Crippen MR) is 70.0 cm³/mol. The van der Waals surface area contributed by atoms with Crippen molar-refractivity contribution in [1.82, 2.24) is 0 Å². The third-order valence-corrected chi connectivity index (χ3v) is 5.84. The van der Waals surface area contributed by atoms with E-state index in [1.807, 2.05) is 0 Å². The maximum Gasteiger partial charge on any atom is 0.335 e. The Hall–Kier alpha value is -0.900. The van der Waals surface area contributed by atoms with Crippen LogP contribution in [0.4, 0.5) is 0 Å². The van der Waals surface area contributed by atoms with Gasteiger partial charge in [-0.1, -0.05) is 29.4 Å². The number of cyclic esters (lactones) is 1. The maximum atomic E-state index is 11.9. The Bertz CT molecular complexity index is 519. The Labute approximate surface area is 114 Å². The third kappa shape index (κ3) is 1.41. The second-order valence-corrected chi connectivity index (χ2v) is 6.63. The molecule has 3 rings (SSSR count). The van der Waals surface area contributed by atoms with Gasteiger partial charge in [0.2, 0.25) is 0 Å². The van der Waals surface area contributed by atoms with Gasteiger partial charge in [-0.25, -0.2) is 4.79 Å². The zero-order chi connectivity index (χ0) is 13.2. The van der Waals surface area contributed by atoms with Gasteiger partial charge in [-0.15, -0.1) is 0 Å². The Morgan fingerprint density at radius 1 is 1.50 bits per heavy atom. The molecule has 0 amide bonds. The van der Waals surface area contributed by atoms with Crippen molar-refractivity contribution in [2.75, 3.05) is 0 Å². The van der Waals surface area contributed by atoms with Crippen molar-refractivity contribution >= 4 is 27.7 Å². The monoisotopic (exact) mass is 310 g/mol. The number of fused-ring (bicyclic) bond motifs is 1. The fraction of sp³-hybridized carbons (Fsp3) is 0.571. The van der Waals surface area contributed by atoms with Crippen molar-refractivity contribution in [2.24, 2.45) is 17.3 Å². The average Bonchev–Trinajstić information content (AvgIpc) is 3.06. The number of hydrogen-bond acceptors (Lipinski definition) is 3. The van der Waals surface area contributed by atoms with E-state index in [4.69, 9.17) is 4.74 Å². The second kappa shape index (κ2) is 3.56. The highest BCUT2D eigenvalue weighted by Crippen LogP contribution is 2.64. The van der Waals surface area contributed by atoms with Crippen LogP contribution >= 0.6 is 15.9 Å². The summed E-state index contributed by atoms with van der Waals surface area (Å²) in [6.07, 6.45) is 1.36. The molecule has 2 fully saturated rings. The molecule has 0 aromatic carbocycles. The molecule has 0 aromatic rings. The standard InChI is InChI=1S/C14H15BrO3/c1-6-11(15)10(18-13(6)17)5-14(3)7(2)12(16)8-4-9(8)14/h8-10H,2,4-5H2,1,3H3/t8-,9+,10+,14+/m0/s1. The zero-order valence-electron chi connectivity index (χ0n) is 10.5. The summed E-state index contributed by atoms with van der Waals surface area (Å²) in [6.45, 7) is 7.78. The van der Waals surface area contributed by atoms with E-state index in [1.165, 1.54) is 0 Å². The van der Waals surface area contributed by atoms with Crippen molar-refractivity contribution in [3.8, 4) is 0 Å². The van der Waals surface area contributed by atoms with Gasteiger partial charge >= 0.3 is 5.97 Å². The van der Waals surface area contributed by atoms with Crippen LogP contribution in [0.1, 0.15) is 26.7 Å². The number of allylic oxidation sites excluding steroid dienone is 1. The van der Waals surface area contributed by atoms with Crippen LogP contribution in [0.5, 0.6) is 0 Å². The molecule has 0 saturated heterocycles. The molecular formula is C14H15BrO3. The smallest absolute Gasteiger partial charge is 0.335 e. The minimum atomic E-state index is -0.266. The zero-order valence-corrected chi connectivity index (χ0v) is 12.0. The first-order chi connectivity index (χ1) is 8.36. The molecule has 0 spiro atoms. The Morgan fingerprint density at radius 2 is 2.17 bits per heavy atom. The molecule has 0 unspecified atom stereocenters. The molecule has 2 saturated carbocycles. The number of halogens is 1. The quantitative estimate of drug-likeness (QED) is 0.582. The lowest BCUT2D eigenvalue weighted by atomic mass is 9.76. The fourth-order valence-corrected chi connectivity index (χ4v) is 3.73. The third-order valence-electron chi connectivity index (χ3n) is 4.74. The first-order valence-electron chi connectivity index (χ1n) is 6.17. The molecule has 0 aromatic heterocycles. The number of esters is 1. The number of Topliss-reactive ketones (excluding diaryl/α,β-unsaturated/α-hetero) is 1. The van der Waals surface area contributed by atoms with Gasteiger partial charge in [-0.2, -0.15) is 0 Å². The number of carbonyl (C=O) groups excluding carboxylic acids is 2. The van der Waals surface area contributed by atoms with E-state index in [9.17, 15) is 9.59 Å². The number of ketones is 1. The molecular weight excluding hydrogens is 296 g/mol. The molecule has 0 bridgehead atoms. The van der Waals surface area contributed by atoms with Gasteiger partial charge in [0.05, 0.1) is 0 Å². The van der Waals surface area contributed by atoms with Crippen molar-refractivity contribution in [3.63, 3.8) is 0 Å². The van der Waals surface area contributed by atoms with Crippen molar-refractivity contribution in [3.05, 3.63) is 22.2 Å². The number of ether oxygens (including phenoxy) is 1. The normalized spacial score (nSPS) is 42.4. The lowest BCUT2D eigenvalue weighted by molar-refractivity contribution is -0.140.